The van der Waals surface area contributed by atoms with Crippen molar-refractivity contribution in [3.63, 3.8) is 0 Å². The lowest BCUT2D eigenvalue weighted by Gasteiger charge is -2.33. The second kappa shape index (κ2) is 12.6. The van der Waals surface area contributed by atoms with Gasteiger partial charge >= 0.3 is 0 Å². The lowest BCUT2D eigenvalue weighted by Crippen LogP contribution is -2.37. The third-order valence-corrected chi connectivity index (χ3v) is 6.48. The lowest BCUT2D eigenvalue weighted by molar-refractivity contribution is 0.0990. The summed E-state index contributed by atoms with van der Waals surface area (Å²) >= 11 is 0. The summed E-state index contributed by atoms with van der Waals surface area (Å²) in [6.45, 7) is 15.6. The van der Waals surface area contributed by atoms with E-state index >= 15 is 4.39 Å². The molecule has 0 spiro atoms. The first-order valence-electron chi connectivity index (χ1n) is 13.0. The molecular weight excluding hydrogens is 475 g/mol. The predicted molar refractivity (Wildman–Crippen MR) is 144 cm³/mol. The molecule has 1 aliphatic rings. The Bertz CT molecular complexity index is 1090. The Morgan fingerprint density at radius 2 is 1.76 bits per heavy atom. The Labute approximate surface area is 220 Å². The Hall–Kier alpha value is -2.84. The molecule has 0 amide bonds. The van der Waals surface area contributed by atoms with Crippen molar-refractivity contribution in [3.05, 3.63) is 46.3 Å². The van der Waals surface area contributed by atoms with Gasteiger partial charge in [-0.1, -0.05) is 20.8 Å². The van der Waals surface area contributed by atoms with E-state index in [1.165, 1.54) is 0 Å². The highest BCUT2D eigenvalue weighted by Gasteiger charge is 2.27. The third kappa shape index (κ3) is 6.73. The number of carbonyl (C=O) groups is 1. The van der Waals surface area contributed by atoms with Gasteiger partial charge in [0.1, 0.15) is 5.75 Å². The smallest absolute Gasteiger partial charge is 0.197 e. The van der Waals surface area contributed by atoms with E-state index in [1.54, 1.807) is 27.0 Å². The number of carbonyl (C=O) groups excluding carboxylic acids is 1. The molecule has 0 atom stereocenters. The average Bonchev–Trinajstić information content (AvgIpc) is 2.88. The minimum Gasteiger partial charge on any atom is -0.494 e. The summed E-state index contributed by atoms with van der Waals surface area (Å²) in [6.07, 6.45) is 0. The van der Waals surface area contributed by atoms with Crippen molar-refractivity contribution in [3.8, 4) is 17.2 Å². The normalized spacial score (nSPS) is 14.0. The molecule has 3 rings (SSSR count). The zero-order valence-corrected chi connectivity index (χ0v) is 23.3. The maximum atomic E-state index is 15.0. The van der Waals surface area contributed by atoms with Gasteiger partial charge in [-0.05, 0) is 55.5 Å². The molecule has 1 N–H and O–H groups in total. The number of ketones is 1. The molecule has 204 valence electrons. The molecule has 7 nitrogen and oxygen atoms in total. The number of benzene rings is 2. The highest BCUT2D eigenvalue weighted by atomic mass is 19.1. The monoisotopic (exact) mass is 516 g/mol. The third-order valence-electron chi connectivity index (χ3n) is 6.48. The van der Waals surface area contributed by atoms with Crippen molar-refractivity contribution in [2.45, 2.75) is 53.5 Å². The van der Waals surface area contributed by atoms with Gasteiger partial charge in [-0.15, -0.1) is 0 Å². The minimum absolute atomic E-state index is 0.0447. The van der Waals surface area contributed by atoms with Crippen LogP contribution < -0.4 is 24.4 Å². The maximum Gasteiger partial charge on any atom is 0.197 e. The van der Waals surface area contributed by atoms with Crippen LogP contribution in [0, 0.1) is 12.7 Å². The van der Waals surface area contributed by atoms with Crippen molar-refractivity contribution in [2.24, 2.45) is 0 Å². The number of hydrogen-bond donors (Lipinski definition) is 1. The predicted octanol–water partition coefficient (Wildman–Crippen LogP) is 5.05. The molecule has 8 heteroatoms. The summed E-state index contributed by atoms with van der Waals surface area (Å²) in [5.74, 6) is 0.816. The number of nitrogens with one attached hydrogen (secondary N) is 1. The van der Waals surface area contributed by atoms with Crippen LogP contribution in [0.4, 0.5) is 10.1 Å². The fourth-order valence-corrected chi connectivity index (χ4v) is 4.47. The van der Waals surface area contributed by atoms with Crippen molar-refractivity contribution >= 4 is 11.5 Å². The molecule has 0 bridgehead atoms. The van der Waals surface area contributed by atoms with Gasteiger partial charge in [0.15, 0.2) is 23.1 Å². The van der Waals surface area contributed by atoms with Crippen LogP contribution in [0.5, 0.6) is 17.2 Å². The molecule has 1 heterocycles. The molecule has 0 aromatic heterocycles. The highest BCUT2D eigenvalue weighted by molar-refractivity contribution is 5.99. The van der Waals surface area contributed by atoms with E-state index in [9.17, 15) is 4.79 Å². The molecule has 0 unspecified atom stereocenters. The largest absolute Gasteiger partial charge is 0.494 e. The number of halogens is 1. The van der Waals surface area contributed by atoms with Crippen LogP contribution in [0.3, 0.4) is 0 Å². The van der Waals surface area contributed by atoms with Crippen LogP contribution in [0.25, 0.3) is 0 Å². The lowest BCUT2D eigenvalue weighted by atomic mass is 9.84. The first-order valence-corrected chi connectivity index (χ1v) is 13.0. The van der Waals surface area contributed by atoms with Crippen molar-refractivity contribution < 1.29 is 28.1 Å². The Morgan fingerprint density at radius 1 is 1.08 bits per heavy atom. The summed E-state index contributed by atoms with van der Waals surface area (Å²) in [5, 5.41) is 3.20. The topological polar surface area (TPSA) is 69.3 Å². The molecule has 37 heavy (non-hydrogen) atoms. The SMILES string of the molecule is CCOc1cc(CNCC(=O)c2cc(N3CCOCC3)c(OC)c(C(C)(C)C)c2)c(C)c(F)c1OCC. The van der Waals surface area contributed by atoms with Gasteiger partial charge in [0.05, 0.1) is 45.8 Å². The number of morpholine rings is 1. The molecule has 1 saturated heterocycles. The van der Waals surface area contributed by atoms with Gasteiger partial charge in [0, 0.05) is 30.8 Å². The van der Waals surface area contributed by atoms with Crippen molar-refractivity contribution in [1.29, 1.82) is 0 Å². The number of Topliss-reactive ketones (excluding diaryl/α,β-unsaturated/α-hetero) is 1. The van der Waals surface area contributed by atoms with Gasteiger partial charge in [0.25, 0.3) is 0 Å². The van der Waals surface area contributed by atoms with E-state index in [2.05, 4.69) is 31.0 Å². The van der Waals surface area contributed by atoms with Crippen LogP contribution in [0.15, 0.2) is 18.2 Å². The number of ether oxygens (including phenoxy) is 4. The van der Waals surface area contributed by atoms with E-state index in [0.717, 1.165) is 35.7 Å². The van der Waals surface area contributed by atoms with E-state index in [4.69, 9.17) is 18.9 Å². The fourth-order valence-electron chi connectivity index (χ4n) is 4.47. The van der Waals surface area contributed by atoms with Crippen LogP contribution in [-0.2, 0) is 16.7 Å². The van der Waals surface area contributed by atoms with Gasteiger partial charge in [-0.3, -0.25) is 4.79 Å². The molecule has 1 aliphatic heterocycles. The molecule has 0 radical (unpaired) electrons. The standard InChI is InChI=1S/C29H41FN2O5/c1-8-36-25-16-21(19(3)26(30)28(25)37-9-2)17-31-18-24(33)20-14-22(29(4,5)6)27(34-7)23(15-20)32-10-12-35-13-11-32/h14-16,31H,8-13,17-18H2,1-7H3. The number of rotatable bonds is 11. The summed E-state index contributed by atoms with van der Waals surface area (Å²) in [4.78, 5) is 15.6. The van der Waals surface area contributed by atoms with E-state index in [1.807, 2.05) is 19.1 Å². The van der Waals surface area contributed by atoms with Crippen LogP contribution in [0.1, 0.15) is 61.7 Å². The number of nitrogens with zero attached hydrogens (tertiary/aromatic N) is 1. The van der Waals surface area contributed by atoms with Crippen molar-refractivity contribution in [2.75, 3.05) is 58.1 Å². The fraction of sp³-hybridized carbons (Fsp3) is 0.552. The average molecular weight is 517 g/mol. The molecular formula is C29H41FN2O5. The first-order chi connectivity index (χ1) is 17.6. The summed E-state index contributed by atoms with van der Waals surface area (Å²) in [5.41, 5.74) is 3.48. The molecule has 0 aliphatic carbocycles. The number of anilines is 1. The van der Waals surface area contributed by atoms with E-state index in [-0.39, 0.29) is 23.5 Å². The minimum atomic E-state index is -0.434. The summed E-state index contributed by atoms with van der Waals surface area (Å²) in [7, 11) is 1.67. The number of methoxy groups -OCH3 is 1. The molecule has 2 aromatic carbocycles. The first kappa shape index (κ1) is 28.7. The Morgan fingerprint density at radius 3 is 2.35 bits per heavy atom. The molecule has 1 fully saturated rings. The molecule has 2 aromatic rings. The van der Waals surface area contributed by atoms with E-state index in [0.29, 0.717) is 49.8 Å². The summed E-state index contributed by atoms with van der Waals surface area (Å²) in [6, 6.07) is 5.63. The Balaban J connectivity index is 1.84. The quantitative estimate of drug-likeness (QED) is 0.419. The van der Waals surface area contributed by atoms with Crippen LogP contribution in [-0.4, -0.2) is 59.0 Å². The van der Waals surface area contributed by atoms with E-state index < -0.39 is 5.82 Å². The maximum absolute atomic E-state index is 15.0. The van der Waals surface area contributed by atoms with Crippen molar-refractivity contribution in [1.82, 2.24) is 5.32 Å². The zero-order chi connectivity index (χ0) is 27.2. The van der Waals surface area contributed by atoms with Crippen LogP contribution >= 0.6 is 0 Å². The number of hydrogen-bond acceptors (Lipinski definition) is 7. The second-order valence-electron chi connectivity index (χ2n) is 10.1. The highest BCUT2D eigenvalue weighted by Crippen LogP contribution is 2.40. The summed E-state index contributed by atoms with van der Waals surface area (Å²) < 4.78 is 37.5. The van der Waals surface area contributed by atoms with Crippen LogP contribution in [0.2, 0.25) is 0 Å². The molecule has 0 saturated carbocycles. The van der Waals surface area contributed by atoms with Gasteiger partial charge < -0.3 is 29.2 Å². The Kier molecular flexibility index (Phi) is 9.79. The second-order valence-corrected chi connectivity index (χ2v) is 10.1. The van der Waals surface area contributed by atoms with Gasteiger partial charge in [-0.2, -0.15) is 0 Å². The zero-order valence-electron chi connectivity index (χ0n) is 23.3. The van der Waals surface area contributed by atoms with Gasteiger partial charge in [-0.25, -0.2) is 4.39 Å². The van der Waals surface area contributed by atoms with Gasteiger partial charge in [0.2, 0.25) is 0 Å².